The van der Waals surface area contributed by atoms with Gasteiger partial charge < -0.3 is 16.5 Å². The van der Waals surface area contributed by atoms with E-state index >= 15 is 0 Å². The second-order valence-corrected chi connectivity index (χ2v) is 4.19. The van der Waals surface area contributed by atoms with Crippen molar-refractivity contribution in [3.8, 4) is 0 Å². The average molecular weight is 233 g/mol. The zero-order valence-corrected chi connectivity index (χ0v) is 10.5. The third-order valence-corrected chi connectivity index (χ3v) is 2.56. The Labute approximate surface area is 102 Å². The van der Waals surface area contributed by atoms with Crippen LogP contribution in [-0.4, -0.2) is 18.2 Å². The van der Waals surface area contributed by atoms with Gasteiger partial charge >= 0.3 is 0 Å². The normalized spacial score (nSPS) is 10.4. The Morgan fingerprint density at radius 1 is 1.41 bits per heavy atom. The minimum atomic E-state index is -0.191. The highest BCUT2D eigenvalue weighted by Crippen LogP contribution is 2.20. The van der Waals surface area contributed by atoms with E-state index < -0.39 is 0 Å². The molecule has 1 aromatic carbocycles. The summed E-state index contributed by atoms with van der Waals surface area (Å²) in [6.07, 6.45) is 0. The first-order chi connectivity index (χ1) is 7.99. The summed E-state index contributed by atoms with van der Waals surface area (Å²) in [5.41, 5.74) is 7.87. The number of nitrogens with two attached hydrogens (primary N) is 1. The molecule has 0 aliphatic rings. The molecule has 1 amide bonds. The lowest BCUT2D eigenvalue weighted by molar-refractivity contribution is 0.0956. The van der Waals surface area contributed by atoms with Crippen molar-refractivity contribution in [2.45, 2.75) is 20.8 Å². The topological polar surface area (TPSA) is 79.0 Å². The summed E-state index contributed by atoms with van der Waals surface area (Å²) < 4.78 is 0. The van der Waals surface area contributed by atoms with Crippen LogP contribution in [-0.2, 0) is 0 Å². The molecular weight excluding hydrogens is 214 g/mol. The van der Waals surface area contributed by atoms with E-state index in [1.165, 1.54) is 0 Å². The zero-order chi connectivity index (χ0) is 13.0. The van der Waals surface area contributed by atoms with Crippen molar-refractivity contribution in [1.29, 1.82) is 5.41 Å². The smallest absolute Gasteiger partial charge is 0.253 e. The molecule has 92 valence electrons. The van der Waals surface area contributed by atoms with Gasteiger partial charge in [0.15, 0.2) is 0 Å². The molecule has 4 heteroatoms. The second-order valence-electron chi connectivity index (χ2n) is 4.19. The number of nitrogens with one attached hydrogen (secondary N) is 2. The number of hydrogen-bond acceptors (Lipinski definition) is 3. The van der Waals surface area contributed by atoms with Crippen molar-refractivity contribution >= 4 is 17.3 Å². The number of amides is 1. The molecule has 1 aromatic rings. The first-order valence-corrected chi connectivity index (χ1v) is 5.74. The highest BCUT2D eigenvalue weighted by atomic mass is 16.1. The van der Waals surface area contributed by atoms with E-state index in [9.17, 15) is 4.79 Å². The number of carbonyl (C=O) groups excluding carboxylic acids is 1. The van der Waals surface area contributed by atoms with Crippen LogP contribution in [0.2, 0.25) is 0 Å². The fourth-order valence-corrected chi connectivity index (χ4v) is 1.56. The lowest BCUT2D eigenvalue weighted by Crippen LogP contribution is -2.24. The fourth-order valence-electron chi connectivity index (χ4n) is 1.56. The zero-order valence-electron chi connectivity index (χ0n) is 10.5. The largest absolute Gasteiger partial charge is 0.398 e. The maximum atomic E-state index is 11.7. The number of benzene rings is 1. The molecule has 0 atom stereocenters. The number of rotatable bonds is 4. The van der Waals surface area contributed by atoms with Crippen LogP contribution in [0.15, 0.2) is 18.2 Å². The maximum absolute atomic E-state index is 11.7. The van der Waals surface area contributed by atoms with E-state index in [0.29, 0.717) is 29.1 Å². The van der Waals surface area contributed by atoms with E-state index in [2.05, 4.69) is 5.32 Å². The van der Waals surface area contributed by atoms with Crippen LogP contribution in [0.3, 0.4) is 0 Å². The van der Waals surface area contributed by atoms with E-state index in [1.807, 2.05) is 20.8 Å². The summed E-state index contributed by atoms with van der Waals surface area (Å²) in [5.74, 6) is -0.106. The Hall–Kier alpha value is -1.84. The van der Waals surface area contributed by atoms with Crippen molar-refractivity contribution < 1.29 is 4.79 Å². The van der Waals surface area contributed by atoms with Gasteiger partial charge in [0.25, 0.3) is 5.91 Å². The Morgan fingerprint density at radius 2 is 2.00 bits per heavy atom. The van der Waals surface area contributed by atoms with Crippen LogP contribution >= 0.6 is 0 Å². The van der Waals surface area contributed by atoms with Crippen molar-refractivity contribution in [1.82, 2.24) is 5.32 Å². The minimum absolute atomic E-state index is 0.0850. The quantitative estimate of drug-likeness (QED) is 0.549. The van der Waals surface area contributed by atoms with Crippen molar-refractivity contribution in [2.24, 2.45) is 5.92 Å². The van der Waals surface area contributed by atoms with Gasteiger partial charge in [0.05, 0.1) is 11.3 Å². The van der Waals surface area contributed by atoms with Crippen LogP contribution in [0.1, 0.15) is 36.7 Å². The highest BCUT2D eigenvalue weighted by Gasteiger charge is 2.15. The minimum Gasteiger partial charge on any atom is -0.398 e. The van der Waals surface area contributed by atoms with Gasteiger partial charge in [-0.3, -0.25) is 4.79 Å². The molecule has 0 saturated heterocycles. The molecular formula is C13H19N3O. The van der Waals surface area contributed by atoms with Crippen molar-refractivity contribution in [2.75, 3.05) is 12.3 Å². The molecule has 0 fully saturated rings. The standard InChI is InChI=1S/C13H19N3O/c1-4-16-13(17)10-7-5-6-9(12(10)15)11(14)8(2)3/h5-8,14H,4,15H2,1-3H3,(H,16,17). The third kappa shape index (κ3) is 2.84. The molecule has 0 aromatic heterocycles. The Bertz CT molecular complexity index is 438. The van der Waals surface area contributed by atoms with Gasteiger partial charge in [-0.05, 0) is 18.9 Å². The molecule has 0 aliphatic carbocycles. The van der Waals surface area contributed by atoms with E-state index in [4.69, 9.17) is 11.1 Å². The first kappa shape index (κ1) is 13.2. The Morgan fingerprint density at radius 3 is 2.53 bits per heavy atom. The van der Waals surface area contributed by atoms with Crippen molar-refractivity contribution in [3.05, 3.63) is 29.3 Å². The van der Waals surface area contributed by atoms with Crippen molar-refractivity contribution in [3.63, 3.8) is 0 Å². The summed E-state index contributed by atoms with van der Waals surface area (Å²) in [6.45, 7) is 6.28. The molecule has 4 nitrogen and oxygen atoms in total. The van der Waals surface area contributed by atoms with E-state index in [0.717, 1.165) is 0 Å². The maximum Gasteiger partial charge on any atom is 0.253 e. The third-order valence-electron chi connectivity index (χ3n) is 2.56. The average Bonchev–Trinajstić information content (AvgIpc) is 2.28. The summed E-state index contributed by atoms with van der Waals surface area (Å²) in [4.78, 5) is 11.7. The van der Waals surface area contributed by atoms with Gasteiger partial charge in [-0.25, -0.2) is 0 Å². The lowest BCUT2D eigenvalue weighted by atomic mass is 9.96. The molecule has 17 heavy (non-hydrogen) atoms. The molecule has 1 rings (SSSR count). The lowest BCUT2D eigenvalue weighted by Gasteiger charge is -2.13. The molecule has 0 spiro atoms. The number of hydrogen-bond donors (Lipinski definition) is 3. The Balaban J connectivity index is 3.16. The van der Waals surface area contributed by atoms with Gasteiger partial charge in [0, 0.05) is 17.8 Å². The summed E-state index contributed by atoms with van der Waals surface area (Å²) >= 11 is 0. The second kappa shape index (κ2) is 5.48. The fraction of sp³-hybridized carbons (Fsp3) is 0.385. The highest BCUT2D eigenvalue weighted by molar-refractivity contribution is 6.09. The molecule has 4 N–H and O–H groups in total. The van der Waals surface area contributed by atoms with Crippen LogP contribution in [0, 0.1) is 11.3 Å². The predicted molar refractivity (Wildman–Crippen MR) is 70.5 cm³/mol. The van der Waals surface area contributed by atoms with Gasteiger partial charge in [-0.1, -0.05) is 26.0 Å². The molecule has 0 bridgehead atoms. The van der Waals surface area contributed by atoms with Gasteiger partial charge in [-0.15, -0.1) is 0 Å². The van der Waals surface area contributed by atoms with E-state index in [1.54, 1.807) is 18.2 Å². The summed E-state index contributed by atoms with van der Waals surface area (Å²) in [6, 6.07) is 5.21. The van der Waals surface area contributed by atoms with Crippen LogP contribution < -0.4 is 11.1 Å². The molecule has 0 radical (unpaired) electrons. The van der Waals surface area contributed by atoms with Crippen LogP contribution in [0.4, 0.5) is 5.69 Å². The monoisotopic (exact) mass is 233 g/mol. The number of carbonyl (C=O) groups is 1. The SMILES string of the molecule is CCNC(=O)c1cccc(C(=N)C(C)C)c1N. The summed E-state index contributed by atoms with van der Waals surface area (Å²) in [5, 5.41) is 10.7. The summed E-state index contributed by atoms with van der Waals surface area (Å²) in [7, 11) is 0. The van der Waals surface area contributed by atoms with E-state index in [-0.39, 0.29) is 11.8 Å². The van der Waals surface area contributed by atoms with Crippen LogP contribution in [0.25, 0.3) is 0 Å². The Kier molecular flexibility index (Phi) is 4.26. The first-order valence-electron chi connectivity index (χ1n) is 5.74. The number of para-hydroxylation sites is 1. The molecule has 0 saturated carbocycles. The molecule has 0 heterocycles. The number of anilines is 1. The van der Waals surface area contributed by atoms with Gasteiger partial charge in [0.2, 0.25) is 0 Å². The van der Waals surface area contributed by atoms with Gasteiger partial charge in [0.1, 0.15) is 0 Å². The molecule has 0 unspecified atom stereocenters. The molecule has 0 aliphatic heterocycles. The van der Waals surface area contributed by atoms with Crippen LogP contribution in [0.5, 0.6) is 0 Å². The van der Waals surface area contributed by atoms with Gasteiger partial charge in [-0.2, -0.15) is 0 Å². The predicted octanol–water partition coefficient (Wildman–Crippen LogP) is 2.04. The number of nitrogen functional groups attached to an aromatic ring is 1.